The summed E-state index contributed by atoms with van der Waals surface area (Å²) < 4.78 is 10.5. The van der Waals surface area contributed by atoms with Gasteiger partial charge in [-0.25, -0.2) is 0 Å². The summed E-state index contributed by atoms with van der Waals surface area (Å²) in [5.41, 5.74) is 1.06. The van der Waals surface area contributed by atoms with Gasteiger partial charge in [0.2, 0.25) is 0 Å². The van der Waals surface area contributed by atoms with Crippen molar-refractivity contribution in [2.24, 2.45) is 23.7 Å². The predicted molar refractivity (Wildman–Crippen MR) is 89.1 cm³/mol. The Kier molecular flexibility index (Phi) is 4.01. The van der Waals surface area contributed by atoms with Crippen molar-refractivity contribution in [1.82, 2.24) is 0 Å². The summed E-state index contributed by atoms with van der Waals surface area (Å²) >= 11 is 0. The number of ketones is 1. The van der Waals surface area contributed by atoms with Crippen molar-refractivity contribution in [3.63, 3.8) is 0 Å². The van der Waals surface area contributed by atoms with Crippen LogP contribution in [0.1, 0.15) is 30.1 Å². The Labute approximate surface area is 150 Å². The molecule has 4 rings (SSSR count). The molecule has 7 nitrogen and oxygen atoms in total. The van der Waals surface area contributed by atoms with Gasteiger partial charge in [-0.2, -0.15) is 0 Å². The van der Waals surface area contributed by atoms with E-state index < -0.39 is 30.3 Å². The molecule has 7 heteroatoms. The van der Waals surface area contributed by atoms with E-state index in [2.05, 4.69) is 5.32 Å². The van der Waals surface area contributed by atoms with Crippen LogP contribution in [0.25, 0.3) is 0 Å². The maximum Gasteiger partial charge on any atom is 0.310 e. The number of esters is 2. The molecule has 2 bridgehead atoms. The number of hydrogen-bond donors (Lipinski definition) is 1. The molecule has 1 heterocycles. The fourth-order valence-electron chi connectivity index (χ4n) is 4.54. The Morgan fingerprint density at radius 3 is 2.62 bits per heavy atom. The maximum absolute atomic E-state index is 12.4. The molecule has 1 saturated heterocycles. The van der Waals surface area contributed by atoms with Crippen LogP contribution in [-0.4, -0.2) is 36.3 Å². The number of carbonyl (C=O) groups excluding carboxylic acids is 4. The van der Waals surface area contributed by atoms with Crippen LogP contribution < -0.4 is 5.32 Å². The number of Topliss-reactive ketones (excluding diaryl/α,β-unsaturated/α-hetero) is 1. The van der Waals surface area contributed by atoms with Gasteiger partial charge in [-0.15, -0.1) is 0 Å². The number of hydrogen-bond acceptors (Lipinski definition) is 6. The van der Waals surface area contributed by atoms with Crippen molar-refractivity contribution in [1.29, 1.82) is 0 Å². The Bertz CT molecular complexity index is 784. The largest absolute Gasteiger partial charge is 0.462 e. The van der Waals surface area contributed by atoms with Crippen LogP contribution in [-0.2, 0) is 23.9 Å². The Morgan fingerprint density at radius 2 is 1.92 bits per heavy atom. The van der Waals surface area contributed by atoms with Crippen molar-refractivity contribution in [3.8, 4) is 0 Å². The number of anilines is 1. The van der Waals surface area contributed by atoms with Gasteiger partial charge in [0.25, 0.3) is 5.91 Å². The molecule has 3 fully saturated rings. The van der Waals surface area contributed by atoms with Crippen LogP contribution >= 0.6 is 0 Å². The quantitative estimate of drug-likeness (QED) is 0.634. The molecule has 1 aromatic carbocycles. The van der Waals surface area contributed by atoms with E-state index in [9.17, 15) is 19.2 Å². The van der Waals surface area contributed by atoms with Crippen LogP contribution in [0.3, 0.4) is 0 Å². The van der Waals surface area contributed by atoms with Crippen molar-refractivity contribution >= 4 is 29.3 Å². The first-order valence-electron chi connectivity index (χ1n) is 8.72. The smallest absolute Gasteiger partial charge is 0.310 e. The van der Waals surface area contributed by atoms with Gasteiger partial charge in [0, 0.05) is 17.2 Å². The third-order valence-corrected chi connectivity index (χ3v) is 5.68. The first-order valence-corrected chi connectivity index (χ1v) is 8.72. The number of carbonyl (C=O) groups is 4. The zero-order valence-electron chi connectivity index (χ0n) is 14.3. The Hall–Kier alpha value is -2.70. The highest BCUT2D eigenvalue weighted by Gasteiger charge is 2.64. The van der Waals surface area contributed by atoms with Crippen LogP contribution in [0.2, 0.25) is 0 Å². The highest BCUT2D eigenvalue weighted by atomic mass is 16.6. The lowest BCUT2D eigenvalue weighted by molar-refractivity contribution is -0.157. The second-order valence-electron chi connectivity index (χ2n) is 7.21. The van der Waals surface area contributed by atoms with Gasteiger partial charge in [0.15, 0.2) is 12.4 Å². The molecule has 3 aliphatic rings. The van der Waals surface area contributed by atoms with Crippen LogP contribution in [0.5, 0.6) is 0 Å². The van der Waals surface area contributed by atoms with E-state index in [0.29, 0.717) is 17.7 Å². The number of amides is 1. The van der Waals surface area contributed by atoms with E-state index >= 15 is 0 Å². The third kappa shape index (κ3) is 2.77. The minimum absolute atomic E-state index is 0.0391. The van der Waals surface area contributed by atoms with Crippen LogP contribution in [0, 0.1) is 23.7 Å². The van der Waals surface area contributed by atoms with Crippen molar-refractivity contribution in [2.75, 3.05) is 11.9 Å². The summed E-state index contributed by atoms with van der Waals surface area (Å²) in [7, 11) is 0. The molecule has 5 atom stereocenters. The average Bonchev–Trinajstić information content (AvgIpc) is 3.22. The first kappa shape index (κ1) is 16.8. The van der Waals surface area contributed by atoms with Crippen molar-refractivity contribution in [2.45, 2.75) is 25.9 Å². The van der Waals surface area contributed by atoms with E-state index in [-0.39, 0.29) is 29.7 Å². The van der Waals surface area contributed by atoms with Gasteiger partial charge in [-0.3, -0.25) is 19.2 Å². The molecule has 0 spiro atoms. The third-order valence-electron chi connectivity index (χ3n) is 5.68. The molecule has 26 heavy (non-hydrogen) atoms. The van der Waals surface area contributed by atoms with E-state index in [1.54, 1.807) is 24.3 Å². The molecule has 0 unspecified atom stereocenters. The predicted octanol–water partition coefficient (Wildman–Crippen LogP) is 1.57. The van der Waals surface area contributed by atoms with Gasteiger partial charge < -0.3 is 14.8 Å². The average molecular weight is 357 g/mol. The Balaban J connectivity index is 1.31. The van der Waals surface area contributed by atoms with Gasteiger partial charge >= 0.3 is 11.9 Å². The number of fused-ring (bicyclic) bond motifs is 1. The summed E-state index contributed by atoms with van der Waals surface area (Å²) in [6, 6.07) is 6.45. The molecule has 1 amide bonds. The molecule has 2 saturated carbocycles. The molecule has 2 aliphatic carbocycles. The molecule has 1 aromatic rings. The Morgan fingerprint density at radius 1 is 1.19 bits per heavy atom. The standard InChI is InChI=1S/C19H19NO6/c1-9(21)10-2-4-12(5-3-10)20-15(22)8-25-18(23)16-11-6-13-14(7-11)26-19(24)17(13)16/h2-5,11,13-14,16-17H,6-8H2,1H3,(H,20,22)/t11-,13-,14+,16+,17-/m0/s1. The summed E-state index contributed by atoms with van der Waals surface area (Å²) in [6.45, 7) is 1.05. The number of ether oxygens (including phenoxy) is 2. The fraction of sp³-hybridized carbons (Fsp3) is 0.474. The molecular weight excluding hydrogens is 338 g/mol. The zero-order chi connectivity index (χ0) is 18.4. The lowest BCUT2D eigenvalue weighted by atomic mass is 9.80. The molecule has 0 radical (unpaired) electrons. The topological polar surface area (TPSA) is 98.8 Å². The summed E-state index contributed by atoms with van der Waals surface area (Å²) in [5, 5.41) is 2.61. The van der Waals surface area contributed by atoms with Gasteiger partial charge in [-0.05, 0) is 49.9 Å². The zero-order valence-corrected chi connectivity index (χ0v) is 14.3. The minimum atomic E-state index is -0.498. The maximum atomic E-state index is 12.4. The molecule has 0 aromatic heterocycles. The molecule has 1 aliphatic heterocycles. The lowest BCUT2D eigenvalue weighted by Gasteiger charge is -2.22. The van der Waals surface area contributed by atoms with E-state index in [1.165, 1.54) is 6.92 Å². The number of benzene rings is 1. The summed E-state index contributed by atoms with van der Waals surface area (Å²) in [6.07, 6.45) is 1.49. The van der Waals surface area contributed by atoms with Gasteiger partial charge in [0.05, 0.1) is 11.8 Å². The summed E-state index contributed by atoms with van der Waals surface area (Å²) in [5.74, 6) is -2.00. The second kappa shape index (κ2) is 6.23. The van der Waals surface area contributed by atoms with Crippen molar-refractivity contribution < 1.29 is 28.7 Å². The highest BCUT2D eigenvalue weighted by Crippen LogP contribution is 2.57. The van der Waals surface area contributed by atoms with Gasteiger partial charge in [0.1, 0.15) is 6.10 Å². The first-order chi connectivity index (χ1) is 12.4. The van der Waals surface area contributed by atoms with Crippen molar-refractivity contribution in [3.05, 3.63) is 29.8 Å². The molecule has 1 N–H and O–H groups in total. The monoisotopic (exact) mass is 357 g/mol. The van der Waals surface area contributed by atoms with Crippen LogP contribution in [0.15, 0.2) is 24.3 Å². The second-order valence-corrected chi connectivity index (χ2v) is 7.21. The van der Waals surface area contributed by atoms with E-state index in [4.69, 9.17) is 9.47 Å². The molecule has 136 valence electrons. The number of nitrogens with one attached hydrogen (secondary N) is 1. The highest BCUT2D eigenvalue weighted by molar-refractivity contribution is 5.96. The minimum Gasteiger partial charge on any atom is -0.462 e. The van der Waals surface area contributed by atoms with E-state index in [1.807, 2.05) is 0 Å². The number of rotatable bonds is 5. The van der Waals surface area contributed by atoms with Crippen LogP contribution in [0.4, 0.5) is 5.69 Å². The van der Waals surface area contributed by atoms with Gasteiger partial charge in [-0.1, -0.05) is 0 Å². The summed E-state index contributed by atoms with van der Waals surface area (Å²) in [4.78, 5) is 47.6. The lowest BCUT2D eigenvalue weighted by Crippen LogP contribution is -2.34. The normalized spacial score (nSPS) is 30.8. The SMILES string of the molecule is CC(=O)c1ccc(NC(=O)COC(=O)[C@@H]2[C@H]3C[C@@H]4[C@@H]2C(=O)O[C@@H]4C3)cc1. The molecular formula is C19H19NO6. The fourth-order valence-corrected chi connectivity index (χ4v) is 4.54. The van der Waals surface area contributed by atoms with E-state index in [0.717, 1.165) is 6.42 Å².